The Labute approximate surface area is 127 Å². The maximum Gasteiger partial charge on any atom is 0.412 e. The van der Waals surface area contributed by atoms with E-state index in [2.05, 4.69) is 20.9 Å². The molecule has 8 nitrogen and oxygen atoms in total. The number of rotatable bonds is 5. The zero-order valence-electron chi connectivity index (χ0n) is 12.4. The largest absolute Gasteiger partial charge is 0.450 e. The van der Waals surface area contributed by atoms with Gasteiger partial charge in [0.05, 0.1) is 12.8 Å². The van der Waals surface area contributed by atoms with E-state index in [9.17, 15) is 9.59 Å². The van der Waals surface area contributed by atoms with Gasteiger partial charge >= 0.3 is 6.09 Å². The summed E-state index contributed by atoms with van der Waals surface area (Å²) in [7, 11) is 0. The Morgan fingerprint density at radius 3 is 2.64 bits per heavy atom. The third-order valence-electron chi connectivity index (χ3n) is 2.69. The van der Waals surface area contributed by atoms with Crippen molar-refractivity contribution in [1.29, 1.82) is 0 Å². The van der Waals surface area contributed by atoms with Crippen molar-refractivity contribution >= 4 is 23.5 Å². The highest BCUT2D eigenvalue weighted by Gasteiger charge is 2.09. The van der Waals surface area contributed by atoms with Crippen molar-refractivity contribution in [1.82, 2.24) is 15.0 Å². The molecule has 1 aromatic carbocycles. The molecule has 0 saturated carbocycles. The molecule has 0 bridgehead atoms. The van der Waals surface area contributed by atoms with Crippen LogP contribution >= 0.6 is 0 Å². The molecule has 116 valence electrons. The second kappa shape index (κ2) is 7.21. The first kappa shape index (κ1) is 15.5. The Balaban J connectivity index is 1.88. The average molecular weight is 303 g/mol. The summed E-state index contributed by atoms with van der Waals surface area (Å²) in [4.78, 5) is 23.1. The first-order valence-electron chi connectivity index (χ1n) is 6.77. The summed E-state index contributed by atoms with van der Waals surface area (Å²) in [6.45, 7) is 3.93. The van der Waals surface area contributed by atoms with Crippen LogP contribution in [0.5, 0.6) is 0 Å². The molecule has 2 amide bonds. The SMILES string of the molecule is CCOC(=O)Nc1cn(CC(=O)Nc2ccc(C)cc2)nn1. The lowest BCUT2D eigenvalue weighted by atomic mass is 10.2. The number of aryl methyl sites for hydroxylation is 1. The number of nitrogens with one attached hydrogen (secondary N) is 2. The van der Waals surface area contributed by atoms with Crippen LogP contribution in [0.2, 0.25) is 0 Å². The molecule has 2 rings (SSSR count). The van der Waals surface area contributed by atoms with Gasteiger partial charge in [-0.3, -0.25) is 10.1 Å². The van der Waals surface area contributed by atoms with Crippen LogP contribution in [0.15, 0.2) is 30.5 Å². The topological polar surface area (TPSA) is 98.1 Å². The van der Waals surface area contributed by atoms with Gasteiger partial charge in [-0.1, -0.05) is 22.9 Å². The van der Waals surface area contributed by atoms with Crippen molar-refractivity contribution in [2.75, 3.05) is 17.2 Å². The molecular formula is C14H17N5O3. The lowest BCUT2D eigenvalue weighted by Crippen LogP contribution is -2.19. The van der Waals surface area contributed by atoms with Gasteiger partial charge in [0, 0.05) is 5.69 Å². The molecule has 1 aromatic heterocycles. The monoisotopic (exact) mass is 303 g/mol. The molecule has 0 saturated heterocycles. The molecule has 0 fully saturated rings. The van der Waals surface area contributed by atoms with Crippen LogP contribution in [0.4, 0.5) is 16.3 Å². The summed E-state index contributed by atoms with van der Waals surface area (Å²) in [6, 6.07) is 7.46. The molecule has 0 unspecified atom stereocenters. The van der Waals surface area contributed by atoms with Gasteiger partial charge in [-0.05, 0) is 26.0 Å². The third kappa shape index (κ3) is 4.58. The van der Waals surface area contributed by atoms with E-state index in [4.69, 9.17) is 4.74 Å². The van der Waals surface area contributed by atoms with Crippen LogP contribution in [0.3, 0.4) is 0 Å². The number of aromatic nitrogens is 3. The second-order valence-corrected chi connectivity index (χ2v) is 4.56. The molecule has 2 N–H and O–H groups in total. The number of benzene rings is 1. The van der Waals surface area contributed by atoms with Crippen molar-refractivity contribution in [2.45, 2.75) is 20.4 Å². The minimum Gasteiger partial charge on any atom is -0.450 e. The van der Waals surface area contributed by atoms with Crippen molar-refractivity contribution in [3.05, 3.63) is 36.0 Å². The van der Waals surface area contributed by atoms with E-state index in [0.29, 0.717) is 5.69 Å². The molecule has 0 aliphatic carbocycles. The third-order valence-corrected chi connectivity index (χ3v) is 2.69. The number of anilines is 2. The Bertz CT molecular complexity index is 651. The van der Waals surface area contributed by atoms with Gasteiger partial charge < -0.3 is 10.1 Å². The van der Waals surface area contributed by atoms with Crippen LogP contribution in [-0.2, 0) is 16.1 Å². The molecule has 1 heterocycles. The highest BCUT2D eigenvalue weighted by atomic mass is 16.5. The number of amides is 2. The Hall–Kier alpha value is -2.90. The van der Waals surface area contributed by atoms with Crippen molar-refractivity contribution in [2.24, 2.45) is 0 Å². The van der Waals surface area contributed by atoms with Crippen LogP contribution < -0.4 is 10.6 Å². The van der Waals surface area contributed by atoms with E-state index in [1.807, 2.05) is 31.2 Å². The number of carbonyl (C=O) groups excluding carboxylic acids is 2. The molecule has 0 aliphatic heterocycles. The predicted octanol–water partition coefficient (Wildman–Crippen LogP) is 1.79. The Morgan fingerprint density at radius 1 is 1.23 bits per heavy atom. The zero-order chi connectivity index (χ0) is 15.9. The number of nitrogens with zero attached hydrogens (tertiary/aromatic N) is 3. The number of hydrogen-bond acceptors (Lipinski definition) is 5. The smallest absolute Gasteiger partial charge is 0.412 e. The summed E-state index contributed by atoms with van der Waals surface area (Å²) in [5.41, 5.74) is 1.82. The molecule has 0 radical (unpaired) electrons. The maximum atomic E-state index is 11.9. The van der Waals surface area contributed by atoms with E-state index in [0.717, 1.165) is 5.56 Å². The van der Waals surface area contributed by atoms with Gasteiger partial charge in [0.2, 0.25) is 5.91 Å². The quantitative estimate of drug-likeness (QED) is 0.877. The Morgan fingerprint density at radius 2 is 1.95 bits per heavy atom. The number of hydrogen-bond donors (Lipinski definition) is 2. The van der Waals surface area contributed by atoms with Gasteiger partial charge in [-0.25, -0.2) is 9.48 Å². The van der Waals surface area contributed by atoms with Crippen molar-refractivity contribution < 1.29 is 14.3 Å². The fourth-order valence-electron chi connectivity index (χ4n) is 1.69. The highest BCUT2D eigenvalue weighted by molar-refractivity contribution is 5.90. The molecule has 0 spiro atoms. The number of carbonyl (C=O) groups is 2. The lowest BCUT2D eigenvalue weighted by Gasteiger charge is -2.05. The van der Waals surface area contributed by atoms with Gasteiger partial charge in [0.25, 0.3) is 0 Å². The normalized spacial score (nSPS) is 10.1. The summed E-state index contributed by atoms with van der Waals surface area (Å²) in [6.07, 6.45) is 0.838. The molecule has 0 aliphatic rings. The number of ether oxygens (including phenoxy) is 1. The second-order valence-electron chi connectivity index (χ2n) is 4.56. The first-order chi connectivity index (χ1) is 10.6. The minimum atomic E-state index is -0.612. The predicted molar refractivity (Wildman–Crippen MR) is 80.5 cm³/mol. The van der Waals surface area contributed by atoms with E-state index in [1.54, 1.807) is 6.92 Å². The lowest BCUT2D eigenvalue weighted by molar-refractivity contribution is -0.116. The standard InChI is InChI=1S/C14H17N5O3/c1-3-22-14(21)16-12-8-19(18-17-12)9-13(20)15-11-6-4-10(2)5-7-11/h4-8H,3,9H2,1-2H3,(H,15,20)(H,16,21). The summed E-state index contributed by atoms with van der Waals surface area (Å²) in [5.74, 6) is -0.0157. The Kier molecular flexibility index (Phi) is 5.07. The fourth-order valence-corrected chi connectivity index (χ4v) is 1.69. The van der Waals surface area contributed by atoms with E-state index in [-0.39, 0.29) is 24.9 Å². The van der Waals surface area contributed by atoms with Crippen LogP contribution in [0.25, 0.3) is 0 Å². The van der Waals surface area contributed by atoms with Crippen molar-refractivity contribution in [3.63, 3.8) is 0 Å². The summed E-state index contributed by atoms with van der Waals surface area (Å²) >= 11 is 0. The summed E-state index contributed by atoms with van der Waals surface area (Å²) in [5, 5.41) is 12.6. The van der Waals surface area contributed by atoms with Crippen LogP contribution in [-0.4, -0.2) is 33.6 Å². The van der Waals surface area contributed by atoms with Crippen molar-refractivity contribution in [3.8, 4) is 0 Å². The van der Waals surface area contributed by atoms with Gasteiger partial charge in [-0.2, -0.15) is 0 Å². The molecule has 2 aromatic rings. The average Bonchev–Trinajstić information content (AvgIpc) is 2.88. The van der Waals surface area contributed by atoms with Gasteiger partial charge in [0.15, 0.2) is 5.82 Å². The van der Waals surface area contributed by atoms with Gasteiger partial charge in [-0.15, -0.1) is 5.10 Å². The summed E-state index contributed by atoms with van der Waals surface area (Å²) < 4.78 is 6.04. The minimum absolute atomic E-state index is 0.00855. The molecule has 22 heavy (non-hydrogen) atoms. The van der Waals surface area contributed by atoms with Crippen LogP contribution in [0, 0.1) is 6.92 Å². The first-order valence-corrected chi connectivity index (χ1v) is 6.77. The fraction of sp³-hybridized carbons (Fsp3) is 0.286. The molecule has 0 atom stereocenters. The van der Waals surface area contributed by atoms with E-state index < -0.39 is 6.09 Å². The molecule has 8 heteroatoms. The maximum absolute atomic E-state index is 11.9. The van der Waals surface area contributed by atoms with E-state index in [1.165, 1.54) is 10.9 Å². The zero-order valence-corrected chi connectivity index (χ0v) is 12.4. The van der Waals surface area contributed by atoms with Gasteiger partial charge in [0.1, 0.15) is 6.54 Å². The highest BCUT2D eigenvalue weighted by Crippen LogP contribution is 2.08. The van der Waals surface area contributed by atoms with E-state index >= 15 is 0 Å². The molecular weight excluding hydrogens is 286 g/mol. The van der Waals surface area contributed by atoms with Crippen LogP contribution in [0.1, 0.15) is 12.5 Å².